The zero-order valence-electron chi connectivity index (χ0n) is 11.1. The molecule has 2 rings (SSSR count). The number of azo groups is 1. The summed E-state index contributed by atoms with van der Waals surface area (Å²) in [6.45, 7) is 1.46. The average Bonchev–Trinajstić information content (AvgIpc) is 2.40. The number of nitrogens with two attached hydrogens (primary N) is 1. The van der Waals surface area contributed by atoms with E-state index in [9.17, 15) is 19.8 Å². The van der Waals surface area contributed by atoms with Crippen LogP contribution in [0.2, 0.25) is 0 Å². The number of aliphatic imine (C=N–C) groups is 1. The Morgan fingerprint density at radius 2 is 1.59 bits per heavy atom. The Bertz CT molecular complexity index is 881. The van der Waals surface area contributed by atoms with E-state index in [1.807, 2.05) is 0 Å². The predicted octanol–water partition coefficient (Wildman–Crippen LogP) is -0.393. The molecule has 0 radical (unpaired) electrons. The Hall–Kier alpha value is -3.57. The molecule has 0 aliphatic carbocycles. The Balaban J connectivity index is 2.48. The third-order valence-corrected chi connectivity index (χ3v) is 2.31. The fraction of sp³-hybridized carbons (Fsp3) is 0.100. The smallest absolute Gasteiger partial charge is 0.284 e. The predicted molar refractivity (Wildman–Crippen MR) is 74.3 cm³/mol. The van der Waals surface area contributed by atoms with Crippen molar-refractivity contribution in [3.63, 3.8) is 0 Å². The highest BCUT2D eigenvalue weighted by atomic mass is 16.3. The van der Waals surface area contributed by atoms with Crippen LogP contribution in [0.15, 0.2) is 24.8 Å². The fourth-order valence-electron chi connectivity index (χ4n) is 1.42. The van der Waals surface area contributed by atoms with Crippen LogP contribution in [0.5, 0.6) is 11.8 Å². The normalized spacial score (nSPS) is 11.5. The van der Waals surface area contributed by atoms with Gasteiger partial charge in [0, 0.05) is 0 Å². The zero-order chi connectivity index (χ0) is 16.3. The van der Waals surface area contributed by atoms with E-state index in [0.29, 0.717) is 0 Å². The molecule has 0 amide bonds. The van der Waals surface area contributed by atoms with Gasteiger partial charge in [-0.05, 0) is 6.92 Å². The van der Waals surface area contributed by atoms with E-state index in [1.54, 1.807) is 0 Å². The van der Waals surface area contributed by atoms with Crippen LogP contribution in [-0.4, -0.2) is 36.5 Å². The molecule has 0 saturated heterocycles. The molecule has 2 aromatic heterocycles. The molecule has 114 valence electrons. The van der Waals surface area contributed by atoms with E-state index in [4.69, 9.17) is 5.73 Å². The van der Waals surface area contributed by atoms with Crippen LogP contribution in [0.4, 0.5) is 17.3 Å². The Morgan fingerprint density at radius 3 is 2.09 bits per heavy atom. The van der Waals surface area contributed by atoms with Gasteiger partial charge in [0.2, 0.25) is 29.1 Å². The quantitative estimate of drug-likeness (QED) is 0.289. The number of aromatic nitrogens is 4. The van der Waals surface area contributed by atoms with Crippen molar-refractivity contribution in [2.75, 3.05) is 0 Å². The molecular formula is C10H10N8O4. The minimum absolute atomic E-state index is 0.174. The number of H-pyrrole nitrogens is 2. The van der Waals surface area contributed by atoms with Gasteiger partial charge in [-0.2, -0.15) is 9.97 Å². The minimum Gasteiger partial charge on any atom is -0.492 e. The van der Waals surface area contributed by atoms with Gasteiger partial charge in [0.1, 0.15) is 5.82 Å². The van der Waals surface area contributed by atoms with Crippen LogP contribution in [0.3, 0.4) is 0 Å². The largest absolute Gasteiger partial charge is 0.492 e. The number of hydrogen-bond acceptors (Lipinski definition) is 9. The summed E-state index contributed by atoms with van der Waals surface area (Å²) in [6.07, 6.45) is 0.869. The fourth-order valence-corrected chi connectivity index (χ4v) is 1.42. The van der Waals surface area contributed by atoms with Gasteiger partial charge < -0.3 is 20.9 Å². The van der Waals surface area contributed by atoms with Gasteiger partial charge in [0.15, 0.2) is 0 Å². The van der Waals surface area contributed by atoms with E-state index < -0.39 is 34.3 Å². The Morgan fingerprint density at radius 1 is 1.05 bits per heavy atom. The van der Waals surface area contributed by atoms with E-state index in [1.165, 1.54) is 6.92 Å². The maximum atomic E-state index is 11.7. The summed E-state index contributed by atoms with van der Waals surface area (Å²) in [5, 5.41) is 25.9. The number of nitrogens with zero attached hydrogens (tertiary/aromatic N) is 5. The number of rotatable bonds is 3. The second-order valence-corrected chi connectivity index (χ2v) is 3.86. The van der Waals surface area contributed by atoms with Crippen molar-refractivity contribution in [2.45, 2.75) is 6.92 Å². The molecule has 12 heteroatoms. The maximum Gasteiger partial charge on any atom is 0.284 e. The molecule has 0 saturated carbocycles. The number of aryl methyl sites for hydroxylation is 1. The van der Waals surface area contributed by atoms with Gasteiger partial charge >= 0.3 is 0 Å². The monoisotopic (exact) mass is 306 g/mol. The molecular weight excluding hydrogens is 296 g/mol. The van der Waals surface area contributed by atoms with Crippen LogP contribution >= 0.6 is 0 Å². The highest BCUT2D eigenvalue weighted by Crippen LogP contribution is 2.24. The summed E-state index contributed by atoms with van der Waals surface area (Å²) in [6, 6.07) is 0. The van der Waals surface area contributed by atoms with Crippen LogP contribution < -0.4 is 16.9 Å². The molecule has 0 fully saturated rings. The van der Waals surface area contributed by atoms with Gasteiger partial charge in [-0.25, -0.2) is 4.99 Å². The lowest BCUT2D eigenvalue weighted by atomic mass is 10.5. The molecule has 2 heterocycles. The van der Waals surface area contributed by atoms with Gasteiger partial charge in [-0.1, -0.05) is 0 Å². The van der Waals surface area contributed by atoms with E-state index in [0.717, 1.165) is 6.34 Å². The lowest BCUT2D eigenvalue weighted by molar-refractivity contribution is 0.448. The third-order valence-electron chi connectivity index (χ3n) is 2.31. The van der Waals surface area contributed by atoms with Crippen molar-refractivity contribution < 1.29 is 10.2 Å². The average molecular weight is 306 g/mol. The molecule has 0 unspecified atom stereocenters. The molecule has 0 aromatic carbocycles. The topological polar surface area (TPSA) is 195 Å². The summed E-state index contributed by atoms with van der Waals surface area (Å²) in [4.78, 5) is 38.3. The SMILES string of the molecule is Cc1nc(O)c(N=Nc2c(O)nc(N=CN)[nH]c2=O)c(=O)[nH]1. The summed E-state index contributed by atoms with van der Waals surface area (Å²) in [5.41, 5.74) is 2.31. The van der Waals surface area contributed by atoms with Crippen LogP contribution in [0, 0.1) is 6.92 Å². The van der Waals surface area contributed by atoms with Crippen LogP contribution in [0.1, 0.15) is 5.82 Å². The first-order chi connectivity index (χ1) is 10.4. The number of aromatic hydroxyl groups is 2. The highest BCUT2D eigenvalue weighted by molar-refractivity contribution is 5.56. The maximum absolute atomic E-state index is 11.7. The third kappa shape index (κ3) is 2.95. The summed E-state index contributed by atoms with van der Waals surface area (Å²) < 4.78 is 0. The summed E-state index contributed by atoms with van der Waals surface area (Å²) in [5.74, 6) is -1.50. The number of hydrogen-bond donors (Lipinski definition) is 5. The van der Waals surface area contributed by atoms with E-state index in [2.05, 4.69) is 35.2 Å². The molecule has 6 N–H and O–H groups in total. The summed E-state index contributed by atoms with van der Waals surface area (Å²) >= 11 is 0. The Labute approximate surface area is 121 Å². The second kappa shape index (κ2) is 5.82. The molecule has 0 aliphatic rings. The molecule has 0 bridgehead atoms. The zero-order valence-corrected chi connectivity index (χ0v) is 11.1. The number of aromatic amines is 2. The van der Waals surface area contributed by atoms with Crippen molar-refractivity contribution in [2.24, 2.45) is 21.0 Å². The molecule has 0 atom stereocenters. The molecule has 22 heavy (non-hydrogen) atoms. The lowest BCUT2D eigenvalue weighted by Crippen LogP contribution is -2.09. The molecule has 0 aliphatic heterocycles. The first-order valence-corrected chi connectivity index (χ1v) is 5.71. The van der Waals surface area contributed by atoms with Crippen molar-refractivity contribution in [1.82, 2.24) is 19.9 Å². The summed E-state index contributed by atoms with van der Waals surface area (Å²) in [7, 11) is 0. The van der Waals surface area contributed by atoms with Crippen LogP contribution in [0.25, 0.3) is 0 Å². The van der Waals surface area contributed by atoms with Gasteiger partial charge in [0.05, 0.1) is 6.34 Å². The van der Waals surface area contributed by atoms with Crippen molar-refractivity contribution in [3.8, 4) is 11.8 Å². The van der Waals surface area contributed by atoms with Crippen molar-refractivity contribution in [3.05, 3.63) is 26.5 Å². The standard InChI is InChI=1S/C10H10N8O4/c1-3-13-6(19)4(7(20)14-3)17-18-5-8(21)15-10(12-2-11)16-9(5)22/h2H,1H3,(H2,13,14,19,20)(H4,11,12,15,16,21,22). The number of nitrogens with one attached hydrogen (secondary N) is 2. The highest BCUT2D eigenvalue weighted by Gasteiger charge is 2.12. The van der Waals surface area contributed by atoms with Gasteiger partial charge in [-0.3, -0.25) is 14.6 Å². The van der Waals surface area contributed by atoms with E-state index in [-0.39, 0.29) is 11.8 Å². The van der Waals surface area contributed by atoms with E-state index >= 15 is 0 Å². The molecule has 2 aromatic rings. The lowest BCUT2D eigenvalue weighted by Gasteiger charge is -1.99. The Kier molecular flexibility index (Phi) is 3.92. The van der Waals surface area contributed by atoms with Crippen molar-refractivity contribution in [1.29, 1.82) is 0 Å². The van der Waals surface area contributed by atoms with Crippen LogP contribution in [-0.2, 0) is 0 Å². The van der Waals surface area contributed by atoms with Gasteiger partial charge in [-0.15, -0.1) is 10.2 Å². The van der Waals surface area contributed by atoms with Crippen molar-refractivity contribution >= 4 is 23.7 Å². The molecule has 12 nitrogen and oxygen atoms in total. The van der Waals surface area contributed by atoms with Gasteiger partial charge in [0.25, 0.3) is 11.1 Å². The molecule has 0 spiro atoms. The first-order valence-electron chi connectivity index (χ1n) is 5.71. The first kappa shape index (κ1) is 14.8. The second-order valence-electron chi connectivity index (χ2n) is 3.86. The minimum atomic E-state index is -0.868.